The van der Waals surface area contributed by atoms with Crippen molar-refractivity contribution in [2.45, 2.75) is 70.4 Å². The van der Waals surface area contributed by atoms with E-state index < -0.39 is 20.4 Å². The van der Waals surface area contributed by atoms with Crippen LogP contribution in [0, 0.1) is 11.5 Å². The van der Waals surface area contributed by atoms with E-state index in [1.165, 1.54) is 0 Å². The fraction of sp³-hybridized carbons (Fsp3) is 0.846. The van der Waals surface area contributed by atoms with Crippen LogP contribution in [0.4, 0.5) is 13.2 Å². The van der Waals surface area contributed by atoms with Gasteiger partial charge in [0.1, 0.15) is 8.07 Å². The summed E-state index contributed by atoms with van der Waals surface area (Å²) in [6.07, 6.45) is -7.18. The van der Waals surface area contributed by atoms with E-state index in [-0.39, 0.29) is 16.6 Å². The normalized spacial score (nSPS) is 14.9. The van der Waals surface area contributed by atoms with Crippen LogP contribution in [-0.4, -0.2) is 25.5 Å². The zero-order chi connectivity index (χ0) is 14.7. The molecule has 5 heteroatoms. The van der Waals surface area contributed by atoms with Crippen LogP contribution in [0.2, 0.25) is 16.6 Å². The standard InChI is InChI=1S/C13H23F3OSi/c1-9(2)18(10(3)4,11(5)6)8-7-12(17)13(14,15)16/h9-12,17H,1-6H3. The molecule has 0 radical (unpaired) electrons. The highest BCUT2D eigenvalue weighted by atomic mass is 28.3. The van der Waals surface area contributed by atoms with Crippen molar-refractivity contribution >= 4 is 8.07 Å². The molecule has 0 aromatic carbocycles. The Hall–Kier alpha value is -0.473. The summed E-state index contributed by atoms with van der Waals surface area (Å²) >= 11 is 0. The van der Waals surface area contributed by atoms with Crippen molar-refractivity contribution in [3.63, 3.8) is 0 Å². The number of aliphatic hydroxyl groups excluding tert-OH is 1. The minimum atomic E-state index is -4.65. The van der Waals surface area contributed by atoms with Crippen molar-refractivity contribution in [1.82, 2.24) is 0 Å². The first kappa shape index (κ1) is 17.5. The molecular formula is C13H23F3OSi. The second-order valence-electron chi connectivity index (χ2n) is 5.61. The molecule has 0 aromatic heterocycles. The molecule has 0 saturated carbocycles. The highest BCUT2D eigenvalue weighted by molar-refractivity contribution is 6.90. The summed E-state index contributed by atoms with van der Waals surface area (Å²) < 4.78 is 36.9. The molecule has 18 heavy (non-hydrogen) atoms. The van der Waals surface area contributed by atoms with Crippen molar-refractivity contribution in [2.75, 3.05) is 0 Å². The fourth-order valence-electron chi connectivity index (χ4n) is 2.71. The number of hydrogen-bond acceptors (Lipinski definition) is 1. The topological polar surface area (TPSA) is 20.2 Å². The number of alkyl halides is 3. The first-order valence-corrected chi connectivity index (χ1v) is 8.46. The van der Waals surface area contributed by atoms with Gasteiger partial charge in [0.15, 0.2) is 0 Å². The minimum Gasteiger partial charge on any atom is -0.372 e. The van der Waals surface area contributed by atoms with Gasteiger partial charge >= 0.3 is 6.18 Å². The van der Waals surface area contributed by atoms with Gasteiger partial charge in [0.05, 0.1) is 0 Å². The van der Waals surface area contributed by atoms with E-state index in [1.54, 1.807) is 0 Å². The predicted octanol–water partition coefficient (Wildman–Crippen LogP) is 4.13. The minimum absolute atomic E-state index is 0.255. The van der Waals surface area contributed by atoms with E-state index in [9.17, 15) is 13.2 Å². The lowest BCUT2D eigenvalue weighted by atomic mass is 10.4. The van der Waals surface area contributed by atoms with E-state index in [1.807, 2.05) is 47.5 Å². The molecule has 0 fully saturated rings. The Morgan fingerprint density at radius 1 is 0.889 bits per heavy atom. The summed E-state index contributed by atoms with van der Waals surface area (Å²) in [5.74, 6) is 2.05. The van der Waals surface area contributed by atoms with Crippen molar-refractivity contribution in [3.8, 4) is 11.5 Å². The number of hydrogen-bond donors (Lipinski definition) is 1. The molecule has 0 aliphatic rings. The van der Waals surface area contributed by atoms with Gasteiger partial charge < -0.3 is 5.11 Å². The van der Waals surface area contributed by atoms with Crippen LogP contribution in [0.1, 0.15) is 41.5 Å². The lowest BCUT2D eigenvalue weighted by Gasteiger charge is -2.38. The molecule has 1 unspecified atom stereocenters. The van der Waals surface area contributed by atoms with Crippen LogP contribution in [0.25, 0.3) is 0 Å². The maximum Gasteiger partial charge on any atom is 0.425 e. The second kappa shape index (κ2) is 6.11. The van der Waals surface area contributed by atoms with Crippen molar-refractivity contribution in [2.24, 2.45) is 0 Å². The number of aliphatic hydroxyl groups is 1. The van der Waals surface area contributed by atoms with E-state index >= 15 is 0 Å². The van der Waals surface area contributed by atoms with Gasteiger partial charge in [-0.2, -0.15) is 13.2 Å². The van der Waals surface area contributed by atoms with E-state index in [0.717, 1.165) is 0 Å². The van der Waals surface area contributed by atoms with Crippen molar-refractivity contribution < 1.29 is 18.3 Å². The third kappa shape index (κ3) is 3.76. The Kier molecular flexibility index (Phi) is 5.95. The quantitative estimate of drug-likeness (QED) is 0.609. The Bertz CT molecular complexity index is 302. The summed E-state index contributed by atoms with van der Waals surface area (Å²) in [6, 6.07) is 0. The van der Waals surface area contributed by atoms with Crippen LogP contribution >= 0.6 is 0 Å². The molecule has 1 nitrogen and oxygen atoms in total. The molecule has 0 spiro atoms. The second-order valence-corrected chi connectivity index (χ2v) is 11.2. The van der Waals surface area contributed by atoms with Gasteiger partial charge in [0, 0.05) is 0 Å². The summed E-state index contributed by atoms with van der Waals surface area (Å²) in [7, 11) is -2.19. The first-order chi connectivity index (χ1) is 7.96. The van der Waals surface area contributed by atoms with Gasteiger partial charge in [-0.3, -0.25) is 0 Å². The molecule has 0 saturated heterocycles. The SMILES string of the molecule is CC(C)[Si](C#CC(O)C(F)(F)F)(C(C)C)C(C)C. The van der Waals surface area contributed by atoms with Gasteiger partial charge in [-0.05, 0) is 16.6 Å². The van der Waals surface area contributed by atoms with Crippen molar-refractivity contribution in [3.05, 3.63) is 0 Å². The summed E-state index contributed by atoms with van der Waals surface area (Å²) in [4.78, 5) is 0. The lowest BCUT2D eigenvalue weighted by Crippen LogP contribution is -2.43. The predicted molar refractivity (Wildman–Crippen MR) is 70.9 cm³/mol. The maximum atomic E-state index is 12.3. The summed E-state index contributed by atoms with van der Waals surface area (Å²) in [5.41, 5.74) is 3.62. The van der Waals surface area contributed by atoms with Crippen LogP contribution in [0.3, 0.4) is 0 Å². The molecule has 0 aliphatic carbocycles. The monoisotopic (exact) mass is 280 g/mol. The molecule has 0 aliphatic heterocycles. The Morgan fingerprint density at radius 2 is 1.22 bits per heavy atom. The van der Waals surface area contributed by atoms with Gasteiger partial charge in [-0.25, -0.2) is 0 Å². The zero-order valence-corrected chi connectivity index (χ0v) is 12.9. The average molecular weight is 280 g/mol. The Balaban J connectivity index is 5.46. The Morgan fingerprint density at radius 3 is 1.44 bits per heavy atom. The highest BCUT2D eigenvalue weighted by Crippen LogP contribution is 2.40. The highest BCUT2D eigenvalue weighted by Gasteiger charge is 2.43. The number of rotatable bonds is 3. The van der Waals surface area contributed by atoms with Crippen LogP contribution in [0.15, 0.2) is 0 Å². The van der Waals surface area contributed by atoms with E-state index in [2.05, 4.69) is 5.54 Å². The average Bonchev–Trinajstić information content (AvgIpc) is 2.14. The van der Waals surface area contributed by atoms with E-state index in [4.69, 9.17) is 5.11 Å². The lowest BCUT2D eigenvalue weighted by molar-refractivity contribution is -0.184. The van der Waals surface area contributed by atoms with E-state index in [0.29, 0.717) is 0 Å². The molecule has 0 aromatic rings. The van der Waals surface area contributed by atoms with Crippen LogP contribution in [0.5, 0.6) is 0 Å². The Labute approximate surface area is 109 Å². The molecule has 1 N–H and O–H groups in total. The molecule has 0 amide bonds. The molecule has 1 atom stereocenters. The zero-order valence-electron chi connectivity index (χ0n) is 11.9. The summed E-state index contributed by atoms with van der Waals surface area (Å²) in [6.45, 7) is 12.1. The number of halogens is 3. The largest absolute Gasteiger partial charge is 0.425 e. The molecule has 0 heterocycles. The molecular weight excluding hydrogens is 257 g/mol. The van der Waals surface area contributed by atoms with Gasteiger partial charge in [-0.1, -0.05) is 47.5 Å². The third-order valence-electron chi connectivity index (χ3n) is 3.60. The summed E-state index contributed by atoms with van der Waals surface area (Å²) in [5, 5.41) is 9.02. The van der Waals surface area contributed by atoms with Crippen LogP contribution in [-0.2, 0) is 0 Å². The molecule has 0 bridgehead atoms. The van der Waals surface area contributed by atoms with Crippen LogP contribution < -0.4 is 0 Å². The van der Waals surface area contributed by atoms with Crippen molar-refractivity contribution in [1.29, 1.82) is 0 Å². The first-order valence-electron chi connectivity index (χ1n) is 6.23. The maximum absolute atomic E-state index is 12.3. The smallest absolute Gasteiger partial charge is 0.372 e. The van der Waals surface area contributed by atoms with Gasteiger partial charge in [-0.15, -0.1) is 5.54 Å². The third-order valence-corrected chi connectivity index (χ3v) is 9.91. The molecule has 106 valence electrons. The van der Waals surface area contributed by atoms with Gasteiger partial charge in [0.25, 0.3) is 0 Å². The van der Waals surface area contributed by atoms with Gasteiger partial charge in [0.2, 0.25) is 6.10 Å². The molecule has 0 rings (SSSR count). The fourth-order valence-corrected chi connectivity index (χ4v) is 7.96.